The molecule has 0 unspecified atom stereocenters. The minimum Gasteiger partial charge on any atom is -0.504 e. The van der Waals surface area contributed by atoms with Gasteiger partial charge in [0.2, 0.25) is 5.36 Å². The first-order valence-corrected chi connectivity index (χ1v) is 6.94. The largest absolute Gasteiger partial charge is 0.504 e. The van der Waals surface area contributed by atoms with E-state index in [9.17, 15) is 9.90 Å². The highest BCUT2D eigenvalue weighted by molar-refractivity contribution is 6.08. The molecule has 2 aliphatic rings. The van der Waals surface area contributed by atoms with Crippen molar-refractivity contribution in [2.24, 2.45) is 4.99 Å². The van der Waals surface area contributed by atoms with Crippen LogP contribution < -0.4 is 20.5 Å². The number of hydrogen-bond acceptors (Lipinski definition) is 5. The van der Waals surface area contributed by atoms with Crippen molar-refractivity contribution in [3.05, 3.63) is 16.6 Å². The number of carbonyl (C=O) groups excluding carboxylic acids is 1. The van der Waals surface area contributed by atoms with E-state index in [1.165, 1.54) is 12.7 Å². The maximum absolute atomic E-state index is 11.1. The SMILES string of the molecule is COC(=O)CCNc1cc2c3c(c1O)N=CC=3CC[N+]=2C. The zero-order valence-electron chi connectivity index (χ0n) is 12.1. The standard InChI is InChI=1S/C15H17N3O3/c1-18-6-4-9-8-17-14-13(9)11(18)7-10(15(14)20)16-5-3-12(19)21-2/h7-8H,3-6H2,1-2H3,(H,16,17,20)/p+1. The van der Waals surface area contributed by atoms with E-state index in [2.05, 4.69) is 19.6 Å². The monoisotopic (exact) mass is 288 g/mol. The molecule has 3 rings (SSSR count). The molecular formula is C15H18N3O3+. The Balaban J connectivity index is 1.99. The molecule has 2 heterocycles. The Morgan fingerprint density at radius 2 is 2.38 bits per heavy atom. The average Bonchev–Trinajstić information content (AvgIpc) is 2.91. The van der Waals surface area contributed by atoms with Crippen molar-refractivity contribution in [3.8, 4) is 5.75 Å². The number of nitrogens with zero attached hydrogens (tertiary/aromatic N) is 2. The predicted molar refractivity (Wildman–Crippen MR) is 80.7 cm³/mol. The van der Waals surface area contributed by atoms with E-state index < -0.39 is 0 Å². The number of phenolic OH excluding ortho intramolecular Hbond substituents is 1. The number of benzene rings is 1. The van der Waals surface area contributed by atoms with Gasteiger partial charge in [0.15, 0.2) is 5.75 Å². The summed E-state index contributed by atoms with van der Waals surface area (Å²) in [5, 5.41) is 15.5. The molecule has 2 aliphatic heterocycles. The minimum absolute atomic E-state index is 0.139. The van der Waals surface area contributed by atoms with Gasteiger partial charge in [-0.05, 0) is 5.57 Å². The number of phenols is 1. The predicted octanol–water partition coefficient (Wildman–Crippen LogP) is -0.242. The number of esters is 1. The molecule has 0 bridgehead atoms. The molecule has 0 fully saturated rings. The fraction of sp³-hybridized carbons (Fsp3) is 0.400. The van der Waals surface area contributed by atoms with E-state index in [-0.39, 0.29) is 18.1 Å². The molecule has 0 radical (unpaired) electrons. The van der Waals surface area contributed by atoms with Crippen molar-refractivity contribution in [2.45, 2.75) is 12.8 Å². The van der Waals surface area contributed by atoms with Crippen LogP contribution in [0.4, 0.5) is 11.4 Å². The van der Waals surface area contributed by atoms with E-state index in [0.717, 1.165) is 23.5 Å². The van der Waals surface area contributed by atoms with Crippen LogP contribution in [-0.4, -0.2) is 44.5 Å². The molecule has 1 aromatic rings. The second kappa shape index (κ2) is 5.20. The number of anilines is 1. The molecular weight excluding hydrogens is 270 g/mol. The van der Waals surface area contributed by atoms with Crippen LogP contribution in [-0.2, 0) is 9.53 Å². The van der Waals surface area contributed by atoms with Crippen molar-refractivity contribution in [2.75, 3.05) is 32.6 Å². The summed E-state index contributed by atoms with van der Waals surface area (Å²) in [6.45, 7) is 1.34. The van der Waals surface area contributed by atoms with Crippen LogP contribution in [0.15, 0.2) is 11.1 Å². The van der Waals surface area contributed by atoms with Gasteiger partial charge in [-0.25, -0.2) is 4.58 Å². The molecule has 0 atom stereocenters. The van der Waals surface area contributed by atoms with Crippen molar-refractivity contribution in [1.82, 2.24) is 4.58 Å². The Bertz CT molecular complexity index is 765. The first-order chi connectivity index (χ1) is 10.1. The molecule has 21 heavy (non-hydrogen) atoms. The van der Waals surface area contributed by atoms with Gasteiger partial charge in [-0.3, -0.25) is 9.79 Å². The lowest BCUT2D eigenvalue weighted by Gasteiger charge is -2.11. The van der Waals surface area contributed by atoms with Crippen molar-refractivity contribution in [1.29, 1.82) is 0 Å². The lowest BCUT2D eigenvalue weighted by Crippen LogP contribution is -2.43. The van der Waals surface area contributed by atoms with Crippen LogP contribution in [0.3, 0.4) is 0 Å². The van der Waals surface area contributed by atoms with Crippen molar-refractivity contribution >= 4 is 29.1 Å². The van der Waals surface area contributed by atoms with Crippen molar-refractivity contribution < 1.29 is 14.6 Å². The number of nitrogens with one attached hydrogen (secondary N) is 1. The normalized spacial score (nSPS) is 15.1. The molecule has 0 amide bonds. The quantitative estimate of drug-likeness (QED) is 0.455. The van der Waals surface area contributed by atoms with Crippen LogP contribution in [0.5, 0.6) is 5.75 Å². The van der Waals surface area contributed by atoms with E-state index in [1.54, 1.807) is 0 Å². The van der Waals surface area contributed by atoms with Gasteiger partial charge in [-0.1, -0.05) is 0 Å². The summed E-state index contributed by atoms with van der Waals surface area (Å²) < 4.78 is 6.76. The zero-order chi connectivity index (χ0) is 15.0. The lowest BCUT2D eigenvalue weighted by atomic mass is 10.1. The third-order valence-electron chi connectivity index (χ3n) is 3.92. The van der Waals surface area contributed by atoms with Gasteiger partial charge in [0.25, 0.3) is 0 Å². The molecule has 6 nitrogen and oxygen atoms in total. The Morgan fingerprint density at radius 3 is 3.14 bits per heavy atom. The first-order valence-electron chi connectivity index (χ1n) is 6.94. The first kappa shape index (κ1) is 13.6. The Labute approximate surface area is 122 Å². The van der Waals surface area contributed by atoms with Gasteiger partial charge in [0.05, 0.1) is 24.4 Å². The molecule has 0 saturated carbocycles. The molecule has 6 heteroatoms. The summed E-state index contributed by atoms with van der Waals surface area (Å²) in [5.41, 5.74) is 2.39. The third-order valence-corrected chi connectivity index (χ3v) is 3.92. The van der Waals surface area contributed by atoms with Crippen LogP contribution in [0, 0.1) is 0 Å². The van der Waals surface area contributed by atoms with E-state index in [4.69, 9.17) is 0 Å². The second-order valence-electron chi connectivity index (χ2n) is 5.22. The summed E-state index contributed by atoms with van der Waals surface area (Å²) in [5.74, 6) is -0.143. The summed E-state index contributed by atoms with van der Waals surface area (Å²) in [7, 11) is 3.39. The van der Waals surface area contributed by atoms with E-state index in [1.807, 2.05) is 19.3 Å². The lowest BCUT2D eigenvalue weighted by molar-refractivity contribution is -0.140. The highest BCUT2D eigenvalue weighted by atomic mass is 16.5. The van der Waals surface area contributed by atoms with E-state index >= 15 is 0 Å². The number of ether oxygens (including phenoxy) is 1. The molecule has 2 N–H and O–H groups in total. The number of rotatable bonds is 4. The fourth-order valence-corrected chi connectivity index (χ4v) is 2.73. The molecule has 0 aromatic heterocycles. The third kappa shape index (κ3) is 2.26. The highest BCUT2D eigenvalue weighted by Crippen LogP contribution is 2.32. The van der Waals surface area contributed by atoms with Gasteiger partial charge in [0.1, 0.15) is 19.3 Å². The fourth-order valence-electron chi connectivity index (χ4n) is 2.73. The van der Waals surface area contributed by atoms with Crippen LogP contribution >= 0.6 is 0 Å². The summed E-state index contributed by atoms with van der Waals surface area (Å²) in [6.07, 6.45) is 3.02. The molecule has 0 spiro atoms. The maximum atomic E-state index is 11.1. The Hall–Kier alpha value is -2.37. The van der Waals surface area contributed by atoms with Crippen LogP contribution in [0.25, 0.3) is 5.57 Å². The summed E-state index contributed by atoms with van der Waals surface area (Å²) in [6, 6.07) is 1.92. The highest BCUT2D eigenvalue weighted by Gasteiger charge is 2.23. The van der Waals surface area contributed by atoms with Gasteiger partial charge in [0, 0.05) is 25.2 Å². The maximum Gasteiger partial charge on any atom is 0.307 e. The number of aliphatic imine (C=N–C) groups is 1. The number of methoxy groups -OCH3 is 1. The Morgan fingerprint density at radius 1 is 1.57 bits per heavy atom. The van der Waals surface area contributed by atoms with Crippen molar-refractivity contribution in [3.63, 3.8) is 0 Å². The number of carbonyl (C=O) groups is 1. The van der Waals surface area contributed by atoms with Gasteiger partial charge in [-0.2, -0.15) is 0 Å². The van der Waals surface area contributed by atoms with E-state index in [0.29, 0.717) is 17.9 Å². The molecule has 0 aliphatic carbocycles. The second-order valence-corrected chi connectivity index (χ2v) is 5.22. The zero-order valence-corrected chi connectivity index (χ0v) is 12.1. The van der Waals surface area contributed by atoms with Crippen LogP contribution in [0.1, 0.15) is 12.8 Å². The smallest absolute Gasteiger partial charge is 0.307 e. The molecule has 1 aromatic carbocycles. The van der Waals surface area contributed by atoms with Gasteiger partial charge in [-0.15, -0.1) is 0 Å². The number of aromatic hydroxyl groups is 1. The number of hydrogen-bond donors (Lipinski definition) is 2. The molecule has 110 valence electrons. The molecule has 0 saturated heterocycles. The summed E-state index contributed by atoms with van der Waals surface area (Å²) in [4.78, 5) is 15.5. The average molecular weight is 288 g/mol. The topological polar surface area (TPSA) is 73.9 Å². The van der Waals surface area contributed by atoms with Crippen LogP contribution in [0.2, 0.25) is 0 Å². The minimum atomic E-state index is -0.282. The Kier molecular flexibility index (Phi) is 3.37. The van der Waals surface area contributed by atoms with Gasteiger partial charge >= 0.3 is 5.97 Å². The summed E-state index contributed by atoms with van der Waals surface area (Å²) >= 11 is 0. The van der Waals surface area contributed by atoms with Gasteiger partial charge < -0.3 is 15.2 Å².